The topological polar surface area (TPSA) is 46.3 Å². The molecule has 2 saturated carbocycles. The Morgan fingerprint density at radius 2 is 1.92 bits per heavy atom. The molecular formula is C22H29NO2. The zero-order valence-corrected chi connectivity index (χ0v) is 15.4. The first-order valence-corrected chi connectivity index (χ1v) is 10.0. The number of allylic oxidation sites excluding steroid dienone is 3. The Hall–Kier alpha value is -1.35. The van der Waals surface area contributed by atoms with E-state index in [9.17, 15) is 5.11 Å². The molecule has 0 saturated heterocycles. The van der Waals surface area contributed by atoms with E-state index in [1.54, 1.807) is 11.8 Å². The van der Waals surface area contributed by atoms with Crippen molar-refractivity contribution in [1.29, 1.82) is 0 Å². The maximum absolute atomic E-state index is 10.1. The van der Waals surface area contributed by atoms with Gasteiger partial charge in [0.2, 0.25) is 0 Å². The van der Waals surface area contributed by atoms with Crippen LogP contribution in [-0.2, 0) is 0 Å². The maximum atomic E-state index is 10.1. The summed E-state index contributed by atoms with van der Waals surface area (Å²) in [7, 11) is 0. The summed E-state index contributed by atoms with van der Waals surface area (Å²) in [5.74, 6) is 3.23. The van der Waals surface area contributed by atoms with Crippen molar-refractivity contribution in [3.05, 3.63) is 35.7 Å². The van der Waals surface area contributed by atoms with Crippen molar-refractivity contribution in [3.63, 3.8) is 0 Å². The summed E-state index contributed by atoms with van der Waals surface area (Å²) < 4.78 is 5.53. The predicted octanol–water partition coefficient (Wildman–Crippen LogP) is 4.99. The van der Waals surface area contributed by atoms with Crippen LogP contribution in [0.3, 0.4) is 0 Å². The molecule has 1 heterocycles. The molecule has 25 heavy (non-hydrogen) atoms. The molecule has 0 radical (unpaired) electrons. The number of nitrogens with zero attached hydrogens (tertiary/aromatic N) is 1. The van der Waals surface area contributed by atoms with E-state index >= 15 is 0 Å². The van der Waals surface area contributed by atoms with Gasteiger partial charge in [0.25, 0.3) is 0 Å². The first-order valence-electron chi connectivity index (χ1n) is 10.0. The minimum absolute atomic E-state index is 0.115. The normalized spacial score (nSPS) is 45.9. The van der Waals surface area contributed by atoms with Crippen molar-refractivity contribution in [2.45, 2.75) is 64.9 Å². The van der Waals surface area contributed by atoms with E-state index in [1.165, 1.54) is 31.3 Å². The third kappa shape index (κ3) is 2.11. The molecule has 1 unspecified atom stereocenters. The summed E-state index contributed by atoms with van der Waals surface area (Å²) in [5, 5.41) is 14.1. The lowest BCUT2D eigenvalue weighted by Crippen LogP contribution is -2.49. The lowest BCUT2D eigenvalue weighted by molar-refractivity contribution is -0.0241. The largest absolute Gasteiger partial charge is 0.393 e. The maximum Gasteiger partial charge on any atom is 0.163 e. The number of aliphatic hydroxyl groups is 1. The molecule has 0 amide bonds. The van der Waals surface area contributed by atoms with Gasteiger partial charge in [0.1, 0.15) is 0 Å². The van der Waals surface area contributed by atoms with Gasteiger partial charge in [0.05, 0.1) is 12.3 Å². The van der Waals surface area contributed by atoms with Crippen LogP contribution in [0.4, 0.5) is 0 Å². The molecule has 3 nitrogen and oxygen atoms in total. The van der Waals surface area contributed by atoms with Crippen LogP contribution in [0, 0.1) is 28.6 Å². The monoisotopic (exact) mass is 339 g/mol. The van der Waals surface area contributed by atoms with Crippen LogP contribution in [0.15, 0.2) is 34.5 Å². The summed E-state index contributed by atoms with van der Waals surface area (Å²) in [6.07, 6.45) is 14.5. The Bertz CT molecular complexity index is 733. The van der Waals surface area contributed by atoms with Crippen molar-refractivity contribution in [2.75, 3.05) is 0 Å². The fraction of sp³-hybridized carbons (Fsp3) is 0.682. The van der Waals surface area contributed by atoms with Crippen LogP contribution in [0.1, 0.15) is 64.6 Å². The molecule has 1 N–H and O–H groups in total. The second-order valence-corrected chi connectivity index (χ2v) is 9.34. The molecule has 0 aliphatic heterocycles. The number of aliphatic hydroxyl groups excluding tert-OH is 1. The van der Waals surface area contributed by atoms with Crippen LogP contribution in [0.5, 0.6) is 0 Å². The fourth-order valence-electron chi connectivity index (χ4n) is 6.95. The third-order valence-corrected chi connectivity index (χ3v) is 8.36. The van der Waals surface area contributed by atoms with Crippen LogP contribution in [0.2, 0.25) is 0 Å². The van der Waals surface area contributed by atoms with E-state index in [2.05, 4.69) is 31.2 Å². The molecule has 0 spiro atoms. The van der Waals surface area contributed by atoms with Crippen LogP contribution in [0.25, 0.3) is 5.57 Å². The van der Waals surface area contributed by atoms with E-state index in [0.717, 1.165) is 36.9 Å². The van der Waals surface area contributed by atoms with E-state index in [-0.39, 0.29) is 11.5 Å². The Kier molecular flexibility index (Phi) is 3.38. The number of fused-ring (bicyclic) bond motifs is 5. The highest BCUT2D eigenvalue weighted by molar-refractivity contribution is 5.69. The van der Waals surface area contributed by atoms with Gasteiger partial charge < -0.3 is 9.63 Å². The first-order chi connectivity index (χ1) is 12.0. The molecule has 5 rings (SSSR count). The molecule has 4 aliphatic carbocycles. The van der Waals surface area contributed by atoms with E-state index < -0.39 is 0 Å². The summed E-state index contributed by atoms with van der Waals surface area (Å²) in [6, 6.07) is 2.02. The quantitative estimate of drug-likeness (QED) is 0.733. The summed E-state index contributed by atoms with van der Waals surface area (Å²) in [5.41, 5.74) is 3.50. The standard InChI is InChI=1S/C22H29NO2/c1-21-10-7-15(24)13-14(21)3-4-16-17-5-6-19(20-9-12-23-25-20)22(17,2)11-8-18(16)21/h3,6,9,12,15-18,24H,4-5,7-8,10-11,13H2,1-2H3/t15?,16-,17-,18-,21-,22-/m0/s1. The Morgan fingerprint density at radius 3 is 2.72 bits per heavy atom. The SMILES string of the molecule is C[C@]12CCC(O)CC1=CC[C@@H]1[C@@H]2CC[C@]2(C)C(c3ccno3)=CC[C@@H]12. The molecule has 4 aliphatic rings. The molecule has 3 heteroatoms. The van der Waals surface area contributed by atoms with Gasteiger partial charge in [-0.05, 0) is 79.1 Å². The van der Waals surface area contributed by atoms with Crippen molar-refractivity contribution in [2.24, 2.45) is 28.6 Å². The van der Waals surface area contributed by atoms with Gasteiger partial charge in [-0.3, -0.25) is 0 Å². The summed E-state index contributed by atoms with van der Waals surface area (Å²) in [6.45, 7) is 4.95. The number of rotatable bonds is 1. The Morgan fingerprint density at radius 1 is 1.08 bits per heavy atom. The van der Waals surface area contributed by atoms with Crippen molar-refractivity contribution < 1.29 is 9.63 Å². The molecule has 0 bridgehead atoms. The summed E-state index contributed by atoms with van der Waals surface area (Å²) >= 11 is 0. The minimum atomic E-state index is -0.115. The van der Waals surface area contributed by atoms with Crippen molar-refractivity contribution >= 4 is 5.57 Å². The average molecular weight is 339 g/mol. The molecule has 1 aromatic rings. The number of hydrogen-bond acceptors (Lipinski definition) is 3. The molecule has 6 atom stereocenters. The van der Waals surface area contributed by atoms with E-state index in [1.807, 2.05) is 6.07 Å². The van der Waals surface area contributed by atoms with E-state index in [4.69, 9.17) is 4.52 Å². The zero-order chi connectivity index (χ0) is 17.2. The average Bonchev–Trinajstić information content (AvgIpc) is 3.22. The molecule has 2 fully saturated rings. The lowest BCUT2D eigenvalue weighted by Gasteiger charge is -2.57. The van der Waals surface area contributed by atoms with Crippen molar-refractivity contribution in [1.82, 2.24) is 5.16 Å². The molecule has 1 aromatic heterocycles. The molecular weight excluding hydrogens is 310 g/mol. The first kappa shape index (κ1) is 15.9. The van der Waals surface area contributed by atoms with E-state index in [0.29, 0.717) is 11.3 Å². The third-order valence-electron chi connectivity index (χ3n) is 8.36. The fourth-order valence-corrected chi connectivity index (χ4v) is 6.95. The predicted molar refractivity (Wildman–Crippen MR) is 97.6 cm³/mol. The highest BCUT2D eigenvalue weighted by Gasteiger charge is 2.57. The highest BCUT2D eigenvalue weighted by Crippen LogP contribution is 2.66. The van der Waals surface area contributed by atoms with Gasteiger partial charge in [-0.1, -0.05) is 36.7 Å². The van der Waals surface area contributed by atoms with Gasteiger partial charge in [0, 0.05) is 6.07 Å². The van der Waals surface area contributed by atoms with Gasteiger partial charge in [0.15, 0.2) is 5.76 Å². The molecule has 134 valence electrons. The zero-order valence-electron chi connectivity index (χ0n) is 15.4. The Labute approximate surface area is 150 Å². The second-order valence-electron chi connectivity index (χ2n) is 9.34. The minimum Gasteiger partial charge on any atom is -0.393 e. The van der Waals surface area contributed by atoms with Crippen molar-refractivity contribution in [3.8, 4) is 0 Å². The van der Waals surface area contributed by atoms with Crippen LogP contribution in [-0.4, -0.2) is 16.4 Å². The van der Waals surface area contributed by atoms with Gasteiger partial charge in [-0.2, -0.15) is 0 Å². The molecule has 0 aromatic carbocycles. The van der Waals surface area contributed by atoms with Gasteiger partial charge in [-0.25, -0.2) is 0 Å². The van der Waals surface area contributed by atoms with Crippen LogP contribution >= 0.6 is 0 Å². The second kappa shape index (κ2) is 5.33. The lowest BCUT2D eigenvalue weighted by atomic mass is 9.47. The number of hydrogen-bond donors (Lipinski definition) is 1. The van der Waals surface area contributed by atoms with Gasteiger partial charge >= 0.3 is 0 Å². The Balaban J connectivity index is 1.48. The smallest absolute Gasteiger partial charge is 0.163 e. The number of aromatic nitrogens is 1. The summed E-state index contributed by atoms with van der Waals surface area (Å²) in [4.78, 5) is 0. The highest BCUT2D eigenvalue weighted by atomic mass is 16.5. The van der Waals surface area contributed by atoms with Gasteiger partial charge in [-0.15, -0.1) is 0 Å². The van der Waals surface area contributed by atoms with Crippen LogP contribution < -0.4 is 0 Å².